The van der Waals surface area contributed by atoms with E-state index in [1.54, 1.807) is 0 Å². The first-order chi connectivity index (χ1) is 7.56. The van der Waals surface area contributed by atoms with Gasteiger partial charge < -0.3 is 20.3 Å². The molecule has 1 aromatic carbocycles. The third-order valence-corrected chi connectivity index (χ3v) is 2.66. The summed E-state index contributed by atoms with van der Waals surface area (Å²) >= 11 is 3.12. The Morgan fingerprint density at radius 2 is 2.12 bits per heavy atom. The van der Waals surface area contributed by atoms with Crippen LogP contribution in [0.5, 0.6) is 17.2 Å². The second kappa shape index (κ2) is 5.18. The molecule has 0 aromatic heterocycles. The standard InChI is InChI=1S/C10H12BrNO4/c1-15-7-3-5(11)9(14)8(6(13)4-12)10(7)16-2/h3,14H,4,12H2,1-2H3. The average molecular weight is 290 g/mol. The Bertz CT molecular complexity index is 420. The number of phenolic OH excluding ortho intramolecular Hbond substituents is 1. The van der Waals surface area contributed by atoms with Crippen LogP contribution >= 0.6 is 15.9 Å². The summed E-state index contributed by atoms with van der Waals surface area (Å²) in [5.74, 6) is -0.0929. The van der Waals surface area contributed by atoms with Crippen molar-refractivity contribution in [1.82, 2.24) is 0 Å². The lowest BCUT2D eigenvalue weighted by atomic mass is 10.1. The summed E-state index contributed by atoms with van der Waals surface area (Å²) in [5, 5.41) is 9.77. The van der Waals surface area contributed by atoms with Gasteiger partial charge in [-0.15, -0.1) is 0 Å². The maximum absolute atomic E-state index is 11.6. The van der Waals surface area contributed by atoms with Crippen LogP contribution in [-0.2, 0) is 0 Å². The van der Waals surface area contributed by atoms with Crippen LogP contribution in [-0.4, -0.2) is 31.7 Å². The SMILES string of the molecule is COc1cc(Br)c(O)c(C(=O)CN)c1OC. The van der Waals surface area contributed by atoms with Crippen LogP contribution in [0.15, 0.2) is 10.5 Å². The van der Waals surface area contributed by atoms with Crippen molar-refractivity contribution in [1.29, 1.82) is 0 Å². The van der Waals surface area contributed by atoms with Crippen LogP contribution in [0.1, 0.15) is 10.4 Å². The van der Waals surface area contributed by atoms with E-state index in [1.165, 1.54) is 20.3 Å². The first-order valence-electron chi connectivity index (χ1n) is 4.43. The van der Waals surface area contributed by atoms with Crippen LogP contribution in [0.2, 0.25) is 0 Å². The summed E-state index contributed by atoms with van der Waals surface area (Å²) in [6.45, 7) is -0.219. The summed E-state index contributed by atoms with van der Waals surface area (Å²) in [6, 6.07) is 1.52. The lowest BCUT2D eigenvalue weighted by Gasteiger charge is -2.14. The maximum Gasteiger partial charge on any atom is 0.184 e. The van der Waals surface area contributed by atoms with Crippen LogP contribution in [0, 0.1) is 0 Å². The number of ether oxygens (including phenoxy) is 2. The normalized spacial score (nSPS) is 10.0. The first-order valence-corrected chi connectivity index (χ1v) is 5.22. The van der Waals surface area contributed by atoms with Gasteiger partial charge in [0.25, 0.3) is 0 Å². The molecule has 0 spiro atoms. The van der Waals surface area contributed by atoms with Crippen molar-refractivity contribution in [2.75, 3.05) is 20.8 Å². The van der Waals surface area contributed by atoms with Gasteiger partial charge >= 0.3 is 0 Å². The molecule has 16 heavy (non-hydrogen) atoms. The number of nitrogens with two attached hydrogens (primary N) is 1. The molecule has 0 atom stereocenters. The van der Waals surface area contributed by atoms with Crippen LogP contribution in [0.3, 0.4) is 0 Å². The largest absolute Gasteiger partial charge is 0.506 e. The molecule has 0 heterocycles. The molecule has 0 unspecified atom stereocenters. The molecule has 0 aliphatic rings. The molecule has 0 fully saturated rings. The lowest BCUT2D eigenvalue weighted by molar-refractivity contribution is 0.0995. The number of carbonyl (C=O) groups excluding carboxylic acids is 1. The summed E-state index contributed by atoms with van der Waals surface area (Å²) in [5.41, 5.74) is 5.29. The number of halogens is 1. The van der Waals surface area contributed by atoms with E-state index in [0.29, 0.717) is 10.2 Å². The molecule has 0 aliphatic carbocycles. The fourth-order valence-corrected chi connectivity index (χ4v) is 1.72. The molecule has 5 nitrogen and oxygen atoms in total. The highest BCUT2D eigenvalue weighted by molar-refractivity contribution is 9.10. The van der Waals surface area contributed by atoms with Gasteiger partial charge in [0.15, 0.2) is 17.3 Å². The molecule has 1 rings (SSSR count). The molecular formula is C10H12BrNO4. The highest BCUT2D eigenvalue weighted by Gasteiger charge is 2.22. The Labute approximate surface area is 101 Å². The average Bonchev–Trinajstić information content (AvgIpc) is 2.30. The highest BCUT2D eigenvalue weighted by atomic mass is 79.9. The van der Waals surface area contributed by atoms with Gasteiger partial charge in [-0.25, -0.2) is 0 Å². The van der Waals surface area contributed by atoms with Gasteiger partial charge in [-0.3, -0.25) is 4.79 Å². The number of methoxy groups -OCH3 is 2. The second-order valence-corrected chi connectivity index (χ2v) is 3.80. The summed E-state index contributed by atoms with van der Waals surface area (Å²) in [4.78, 5) is 11.6. The van der Waals surface area contributed by atoms with E-state index < -0.39 is 5.78 Å². The van der Waals surface area contributed by atoms with Crippen molar-refractivity contribution < 1.29 is 19.4 Å². The monoisotopic (exact) mass is 289 g/mol. The van der Waals surface area contributed by atoms with Gasteiger partial charge in [0, 0.05) is 6.07 Å². The fraction of sp³-hybridized carbons (Fsp3) is 0.300. The molecule has 0 amide bonds. The minimum atomic E-state index is -0.422. The molecule has 1 aromatic rings. The van der Waals surface area contributed by atoms with E-state index in [1.807, 2.05) is 0 Å². The number of benzene rings is 1. The zero-order chi connectivity index (χ0) is 12.3. The molecule has 6 heteroatoms. The zero-order valence-corrected chi connectivity index (χ0v) is 10.5. The Morgan fingerprint density at radius 3 is 2.56 bits per heavy atom. The van der Waals surface area contributed by atoms with E-state index in [9.17, 15) is 9.90 Å². The van der Waals surface area contributed by atoms with E-state index in [4.69, 9.17) is 15.2 Å². The Morgan fingerprint density at radius 1 is 1.50 bits per heavy atom. The summed E-state index contributed by atoms with van der Waals surface area (Å²) < 4.78 is 10.4. The molecule has 0 saturated carbocycles. The van der Waals surface area contributed by atoms with Crippen molar-refractivity contribution in [2.45, 2.75) is 0 Å². The topological polar surface area (TPSA) is 81.8 Å². The van der Waals surface area contributed by atoms with E-state index in [2.05, 4.69) is 15.9 Å². The number of hydrogen-bond donors (Lipinski definition) is 2. The smallest absolute Gasteiger partial charge is 0.184 e. The van der Waals surface area contributed by atoms with Crippen molar-refractivity contribution in [3.63, 3.8) is 0 Å². The molecule has 0 aliphatic heterocycles. The Hall–Kier alpha value is -1.27. The van der Waals surface area contributed by atoms with Gasteiger partial charge in [-0.2, -0.15) is 0 Å². The molecule has 0 bridgehead atoms. The van der Waals surface area contributed by atoms with Crippen molar-refractivity contribution >= 4 is 21.7 Å². The number of phenols is 1. The number of aromatic hydroxyl groups is 1. The van der Waals surface area contributed by atoms with Crippen LogP contribution < -0.4 is 15.2 Å². The molecule has 3 N–H and O–H groups in total. The number of carbonyl (C=O) groups is 1. The van der Waals surface area contributed by atoms with Gasteiger partial charge in [0.2, 0.25) is 0 Å². The van der Waals surface area contributed by atoms with E-state index >= 15 is 0 Å². The van der Waals surface area contributed by atoms with Gasteiger partial charge in [-0.05, 0) is 15.9 Å². The zero-order valence-electron chi connectivity index (χ0n) is 8.91. The third kappa shape index (κ3) is 2.12. The molecule has 0 radical (unpaired) electrons. The quantitative estimate of drug-likeness (QED) is 0.817. The molecule has 0 saturated heterocycles. The van der Waals surface area contributed by atoms with Crippen LogP contribution in [0.4, 0.5) is 0 Å². The minimum absolute atomic E-state index is 0.0243. The first kappa shape index (κ1) is 12.8. The van der Waals surface area contributed by atoms with Crippen molar-refractivity contribution in [2.24, 2.45) is 5.73 Å². The number of hydrogen-bond acceptors (Lipinski definition) is 5. The van der Waals surface area contributed by atoms with Gasteiger partial charge in [0.1, 0.15) is 11.3 Å². The third-order valence-electron chi connectivity index (χ3n) is 2.06. The second-order valence-electron chi connectivity index (χ2n) is 2.94. The van der Waals surface area contributed by atoms with Crippen molar-refractivity contribution in [3.05, 3.63) is 16.1 Å². The number of rotatable bonds is 4. The van der Waals surface area contributed by atoms with Gasteiger partial charge in [0.05, 0.1) is 25.2 Å². The van der Waals surface area contributed by atoms with E-state index in [0.717, 1.165) is 0 Å². The van der Waals surface area contributed by atoms with Crippen LogP contribution in [0.25, 0.3) is 0 Å². The van der Waals surface area contributed by atoms with Crippen molar-refractivity contribution in [3.8, 4) is 17.2 Å². The Kier molecular flexibility index (Phi) is 4.14. The molecular weight excluding hydrogens is 278 g/mol. The number of ketones is 1. The summed E-state index contributed by atoms with van der Waals surface area (Å²) in [7, 11) is 2.83. The number of Topliss-reactive ketones (excluding diaryl/α,β-unsaturated/α-hetero) is 1. The predicted octanol–water partition coefficient (Wildman–Crippen LogP) is 1.31. The van der Waals surface area contributed by atoms with E-state index in [-0.39, 0.29) is 23.6 Å². The minimum Gasteiger partial charge on any atom is -0.506 e. The van der Waals surface area contributed by atoms with Gasteiger partial charge in [-0.1, -0.05) is 0 Å². The predicted molar refractivity (Wildman–Crippen MR) is 62.3 cm³/mol. The highest BCUT2D eigenvalue weighted by Crippen LogP contribution is 2.42. The molecule has 88 valence electrons. The maximum atomic E-state index is 11.6. The lowest BCUT2D eigenvalue weighted by Crippen LogP contribution is -2.15. The fourth-order valence-electron chi connectivity index (χ4n) is 1.31. The Balaban J connectivity index is 3.53. The summed E-state index contributed by atoms with van der Waals surface area (Å²) in [6.07, 6.45) is 0.